The van der Waals surface area contributed by atoms with Crippen LogP contribution in [0.3, 0.4) is 0 Å². The Morgan fingerprint density at radius 2 is 2.05 bits per heavy atom. The molecule has 0 aromatic carbocycles. The van der Waals surface area contributed by atoms with E-state index in [4.69, 9.17) is 10.5 Å². The van der Waals surface area contributed by atoms with Crippen molar-refractivity contribution in [2.45, 2.75) is 57.7 Å². The van der Waals surface area contributed by atoms with Gasteiger partial charge in [-0.3, -0.25) is 9.69 Å². The second-order valence-electron chi connectivity index (χ2n) is 6.92. The Labute approximate surface area is 128 Å². The normalized spacial score (nSPS) is 32.7. The third kappa shape index (κ3) is 4.66. The molecule has 0 aromatic rings. The summed E-state index contributed by atoms with van der Waals surface area (Å²) in [6.45, 7) is 7.02. The van der Waals surface area contributed by atoms with Crippen molar-refractivity contribution in [2.75, 3.05) is 33.3 Å². The highest BCUT2D eigenvalue weighted by Gasteiger charge is 2.28. The van der Waals surface area contributed by atoms with Crippen molar-refractivity contribution in [2.24, 2.45) is 11.7 Å². The number of carbonyl (C=O) groups excluding carboxylic acids is 1. The molecule has 21 heavy (non-hydrogen) atoms. The van der Waals surface area contributed by atoms with Crippen molar-refractivity contribution in [3.05, 3.63) is 0 Å². The molecule has 2 rings (SSSR count). The molecular formula is C16H31N3O2. The lowest BCUT2D eigenvalue weighted by atomic mass is 9.87. The Bertz CT molecular complexity index is 340. The second-order valence-corrected chi connectivity index (χ2v) is 6.92. The Morgan fingerprint density at radius 3 is 2.67 bits per heavy atom. The van der Waals surface area contributed by atoms with E-state index >= 15 is 0 Å². The fourth-order valence-electron chi connectivity index (χ4n) is 3.33. The third-order valence-corrected chi connectivity index (χ3v) is 5.05. The summed E-state index contributed by atoms with van der Waals surface area (Å²) in [5.41, 5.74) is 5.90. The summed E-state index contributed by atoms with van der Waals surface area (Å²) in [4.78, 5) is 16.6. The average Bonchev–Trinajstić information content (AvgIpc) is 2.47. The minimum atomic E-state index is 0.0143. The molecule has 2 aliphatic rings. The molecule has 1 amide bonds. The van der Waals surface area contributed by atoms with Gasteiger partial charge in [-0.2, -0.15) is 0 Å². The van der Waals surface area contributed by atoms with Crippen molar-refractivity contribution in [1.82, 2.24) is 9.80 Å². The molecule has 2 N–H and O–H groups in total. The smallest absolute Gasteiger partial charge is 0.236 e. The highest BCUT2D eigenvalue weighted by molar-refractivity contribution is 5.78. The molecule has 2 fully saturated rings. The van der Waals surface area contributed by atoms with E-state index in [1.807, 2.05) is 18.9 Å². The van der Waals surface area contributed by atoms with Gasteiger partial charge in [0.2, 0.25) is 5.91 Å². The van der Waals surface area contributed by atoms with Crippen LogP contribution in [0, 0.1) is 5.92 Å². The summed E-state index contributed by atoms with van der Waals surface area (Å²) in [5, 5.41) is 0. The first-order valence-electron chi connectivity index (χ1n) is 8.32. The summed E-state index contributed by atoms with van der Waals surface area (Å²) < 4.78 is 5.65. The molecule has 0 spiro atoms. The fourth-order valence-corrected chi connectivity index (χ4v) is 3.33. The van der Waals surface area contributed by atoms with E-state index in [0.29, 0.717) is 19.2 Å². The summed E-state index contributed by atoms with van der Waals surface area (Å²) in [5.74, 6) is 1.05. The Balaban J connectivity index is 1.80. The Kier molecular flexibility index (Phi) is 6.02. The van der Waals surface area contributed by atoms with Gasteiger partial charge in [0.1, 0.15) is 0 Å². The fraction of sp³-hybridized carbons (Fsp3) is 0.938. The van der Waals surface area contributed by atoms with Crippen LogP contribution >= 0.6 is 0 Å². The zero-order chi connectivity index (χ0) is 15.4. The van der Waals surface area contributed by atoms with Crippen LogP contribution in [0.1, 0.15) is 39.5 Å². The minimum Gasteiger partial charge on any atom is -0.374 e. The zero-order valence-electron chi connectivity index (χ0n) is 13.8. The Hall–Kier alpha value is -0.650. The SMILES string of the molecule is CC1CCC(N(C)C(=O)CN2CCOC(C(C)N)C2)CC1. The highest BCUT2D eigenvalue weighted by atomic mass is 16.5. The lowest BCUT2D eigenvalue weighted by Gasteiger charge is -2.37. The number of amides is 1. The van der Waals surface area contributed by atoms with Crippen molar-refractivity contribution in [3.8, 4) is 0 Å². The van der Waals surface area contributed by atoms with Crippen molar-refractivity contribution >= 4 is 5.91 Å². The third-order valence-electron chi connectivity index (χ3n) is 5.05. The predicted molar refractivity (Wildman–Crippen MR) is 84.0 cm³/mol. The molecule has 2 atom stereocenters. The highest BCUT2D eigenvalue weighted by Crippen LogP contribution is 2.26. The molecule has 1 heterocycles. The molecule has 1 aliphatic heterocycles. The van der Waals surface area contributed by atoms with Gasteiger partial charge < -0.3 is 15.4 Å². The molecule has 1 saturated heterocycles. The quantitative estimate of drug-likeness (QED) is 0.843. The van der Waals surface area contributed by atoms with Crippen LogP contribution in [-0.2, 0) is 9.53 Å². The number of carbonyl (C=O) groups is 1. The first-order valence-corrected chi connectivity index (χ1v) is 8.32. The summed E-state index contributed by atoms with van der Waals surface area (Å²) in [7, 11) is 1.96. The molecule has 0 aromatic heterocycles. The van der Waals surface area contributed by atoms with Crippen molar-refractivity contribution in [3.63, 3.8) is 0 Å². The lowest BCUT2D eigenvalue weighted by molar-refractivity contribution is -0.136. The zero-order valence-corrected chi connectivity index (χ0v) is 13.8. The number of nitrogens with two attached hydrogens (primary N) is 1. The first-order chi connectivity index (χ1) is 9.97. The maximum atomic E-state index is 12.5. The monoisotopic (exact) mass is 297 g/mol. The first kappa shape index (κ1) is 16.7. The second kappa shape index (κ2) is 7.56. The standard InChI is InChI=1S/C16H31N3O2/c1-12-4-6-14(7-5-12)18(3)16(20)11-19-8-9-21-15(10-19)13(2)17/h12-15H,4-11,17H2,1-3H3. The van der Waals surface area contributed by atoms with E-state index in [0.717, 1.165) is 31.8 Å². The van der Waals surface area contributed by atoms with Crippen LogP contribution in [0.5, 0.6) is 0 Å². The van der Waals surface area contributed by atoms with Gasteiger partial charge >= 0.3 is 0 Å². The van der Waals surface area contributed by atoms with Crippen LogP contribution in [0.2, 0.25) is 0 Å². The molecule has 122 valence electrons. The molecule has 1 aliphatic carbocycles. The van der Waals surface area contributed by atoms with Gasteiger partial charge in [0, 0.05) is 32.2 Å². The molecule has 5 heteroatoms. The predicted octanol–water partition coefficient (Wildman–Crippen LogP) is 1.07. The molecule has 2 unspecified atom stereocenters. The van der Waals surface area contributed by atoms with E-state index in [-0.39, 0.29) is 18.1 Å². The molecule has 1 saturated carbocycles. The molecule has 5 nitrogen and oxygen atoms in total. The number of hydrogen-bond acceptors (Lipinski definition) is 4. The van der Waals surface area contributed by atoms with Gasteiger partial charge in [-0.05, 0) is 38.5 Å². The number of ether oxygens (including phenoxy) is 1. The van der Waals surface area contributed by atoms with Crippen LogP contribution in [0.25, 0.3) is 0 Å². The van der Waals surface area contributed by atoms with E-state index in [1.54, 1.807) is 0 Å². The van der Waals surface area contributed by atoms with E-state index in [1.165, 1.54) is 12.8 Å². The largest absolute Gasteiger partial charge is 0.374 e. The number of rotatable bonds is 4. The maximum absolute atomic E-state index is 12.5. The van der Waals surface area contributed by atoms with Gasteiger partial charge in [0.25, 0.3) is 0 Å². The van der Waals surface area contributed by atoms with Gasteiger partial charge in [-0.1, -0.05) is 6.92 Å². The number of likely N-dealkylation sites (N-methyl/N-ethyl adjacent to an activating group) is 1. The number of nitrogens with zero attached hydrogens (tertiary/aromatic N) is 2. The maximum Gasteiger partial charge on any atom is 0.236 e. The van der Waals surface area contributed by atoms with Crippen LogP contribution in [-0.4, -0.2) is 67.2 Å². The molecular weight excluding hydrogens is 266 g/mol. The van der Waals surface area contributed by atoms with E-state index in [2.05, 4.69) is 11.8 Å². The molecule has 0 radical (unpaired) electrons. The minimum absolute atomic E-state index is 0.0143. The van der Waals surface area contributed by atoms with Gasteiger partial charge in [0.15, 0.2) is 0 Å². The summed E-state index contributed by atoms with van der Waals surface area (Å²) in [6.07, 6.45) is 4.83. The topological polar surface area (TPSA) is 58.8 Å². The average molecular weight is 297 g/mol. The van der Waals surface area contributed by atoms with Crippen LogP contribution in [0.4, 0.5) is 0 Å². The van der Waals surface area contributed by atoms with Gasteiger partial charge in [0.05, 0.1) is 19.3 Å². The number of morpholine rings is 1. The summed E-state index contributed by atoms with van der Waals surface area (Å²) in [6, 6.07) is 0.444. The van der Waals surface area contributed by atoms with Gasteiger partial charge in [-0.25, -0.2) is 0 Å². The lowest BCUT2D eigenvalue weighted by Crippen LogP contribution is -2.53. The Morgan fingerprint density at radius 1 is 1.38 bits per heavy atom. The van der Waals surface area contributed by atoms with E-state index in [9.17, 15) is 4.79 Å². The van der Waals surface area contributed by atoms with Crippen molar-refractivity contribution in [1.29, 1.82) is 0 Å². The van der Waals surface area contributed by atoms with Crippen LogP contribution < -0.4 is 5.73 Å². The molecule has 0 bridgehead atoms. The number of hydrogen-bond donors (Lipinski definition) is 1. The van der Waals surface area contributed by atoms with Gasteiger partial charge in [-0.15, -0.1) is 0 Å². The van der Waals surface area contributed by atoms with Crippen molar-refractivity contribution < 1.29 is 9.53 Å². The summed E-state index contributed by atoms with van der Waals surface area (Å²) >= 11 is 0. The van der Waals surface area contributed by atoms with Crippen LogP contribution in [0.15, 0.2) is 0 Å². The van der Waals surface area contributed by atoms with E-state index < -0.39 is 0 Å².